The number of aliphatic hydroxyl groups excluding tert-OH is 1. The van der Waals surface area contributed by atoms with Crippen LogP contribution < -0.4 is 0 Å². The smallest absolute Gasteiger partial charge is 0.323 e. The highest BCUT2D eigenvalue weighted by Gasteiger charge is 2.32. The van der Waals surface area contributed by atoms with E-state index < -0.39 is 21.2 Å². The van der Waals surface area contributed by atoms with E-state index in [4.69, 9.17) is 10.2 Å². The Morgan fingerprint density at radius 3 is 2.29 bits per heavy atom. The molecule has 0 amide bonds. The summed E-state index contributed by atoms with van der Waals surface area (Å²) in [4.78, 5) is 10.5. The Balaban J connectivity index is 4.82. The van der Waals surface area contributed by atoms with Crippen molar-refractivity contribution in [1.82, 2.24) is 4.31 Å². The number of nitrogens with zero attached hydrogens (tertiary/aromatic N) is 1. The minimum Gasteiger partial charge on any atom is -0.480 e. The summed E-state index contributed by atoms with van der Waals surface area (Å²) < 4.78 is 24.0. The van der Waals surface area contributed by atoms with Crippen LogP contribution in [0.25, 0.3) is 0 Å². The molecule has 2 N–H and O–H groups in total. The van der Waals surface area contributed by atoms with Gasteiger partial charge >= 0.3 is 5.97 Å². The van der Waals surface area contributed by atoms with E-state index in [-0.39, 0.29) is 19.7 Å². The van der Waals surface area contributed by atoms with Gasteiger partial charge in [-0.1, -0.05) is 6.92 Å². The van der Waals surface area contributed by atoms with Crippen LogP contribution in [0.15, 0.2) is 0 Å². The summed E-state index contributed by atoms with van der Waals surface area (Å²) in [6.07, 6.45) is 0. The monoisotopic (exact) mass is 225 g/mol. The molecule has 0 aliphatic rings. The maximum absolute atomic E-state index is 11.5. The number of sulfonamides is 1. The molecule has 0 fully saturated rings. The molecule has 0 aromatic heterocycles. The van der Waals surface area contributed by atoms with Gasteiger partial charge in [0.2, 0.25) is 10.0 Å². The molecule has 6 nitrogen and oxygen atoms in total. The lowest BCUT2D eigenvalue weighted by molar-refractivity contribution is -0.136. The van der Waals surface area contributed by atoms with Crippen LogP contribution in [0.3, 0.4) is 0 Å². The number of hydrogen-bond donors (Lipinski definition) is 2. The molecule has 84 valence electrons. The number of aliphatic carboxylic acids is 1. The van der Waals surface area contributed by atoms with E-state index >= 15 is 0 Å². The normalized spacial score (nSPS) is 14.3. The van der Waals surface area contributed by atoms with Crippen LogP contribution in [0.4, 0.5) is 0 Å². The molecule has 0 radical (unpaired) electrons. The second-order valence-electron chi connectivity index (χ2n) is 2.74. The van der Waals surface area contributed by atoms with E-state index in [0.717, 1.165) is 11.2 Å². The number of carbonyl (C=O) groups is 1. The third-order valence-corrected chi connectivity index (χ3v) is 4.11. The Morgan fingerprint density at radius 2 is 2.00 bits per heavy atom. The predicted octanol–water partition coefficient (Wildman–Crippen LogP) is -0.896. The van der Waals surface area contributed by atoms with Gasteiger partial charge in [0.05, 0.1) is 6.61 Å². The minimum atomic E-state index is -3.84. The van der Waals surface area contributed by atoms with E-state index in [1.807, 2.05) is 0 Å². The molecule has 0 bridgehead atoms. The lowest BCUT2D eigenvalue weighted by Crippen LogP contribution is -2.42. The second kappa shape index (κ2) is 5.28. The van der Waals surface area contributed by atoms with Gasteiger partial charge < -0.3 is 10.2 Å². The van der Waals surface area contributed by atoms with Gasteiger partial charge in [0.1, 0.15) is 0 Å². The molecule has 0 heterocycles. The molecule has 0 saturated heterocycles. The van der Waals surface area contributed by atoms with Gasteiger partial charge in [-0.15, -0.1) is 0 Å². The van der Waals surface area contributed by atoms with Crippen molar-refractivity contribution in [3.8, 4) is 0 Å². The van der Waals surface area contributed by atoms with E-state index in [1.165, 1.54) is 0 Å². The van der Waals surface area contributed by atoms with E-state index in [2.05, 4.69) is 0 Å². The van der Waals surface area contributed by atoms with Crippen LogP contribution in [0.2, 0.25) is 0 Å². The molecule has 0 aromatic carbocycles. The molecule has 0 spiro atoms. The summed E-state index contributed by atoms with van der Waals surface area (Å²) in [6, 6.07) is 0. The van der Waals surface area contributed by atoms with Crippen LogP contribution in [-0.2, 0) is 14.8 Å². The lowest BCUT2D eigenvalue weighted by atomic mass is 10.5. The fraction of sp³-hybridized carbons (Fsp3) is 0.857. The summed E-state index contributed by atoms with van der Waals surface area (Å²) in [5, 5.41) is 15.7. The number of likely N-dealkylation sites (N-methyl/N-ethyl adjacent to an activating group) is 1. The van der Waals surface area contributed by atoms with Crippen LogP contribution in [0.1, 0.15) is 13.8 Å². The van der Waals surface area contributed by atoms with Crippen molar-refractivity contribution in [2.45, 2.75) is 19.1 Å². The quantitative estimate of drug-likeness (QED) is 0.611. The van der Waals surface area contributed by atoms with Crippen molar-refractivity contribution in [2.75, 3.05) is 19.7 Å². The summed E-state index contributed by atoms with van der Waals surface area (Å²) in [6.45, 7) is 2.45. The van der Waals surface area contributed by atoms with Crippen LogP contribution >= 0.6 is 0 Å². The number of rotatable bonds is 6. The summed E-state index contributed by atoms with van der Waals surface area (Å²) in [7, 11) is -3.84. The molecular formula is C7H15NO5S. The number of carboxylic acid groups (broad SMARTS) is 1. The minimum absolute atomic E-state index is 0.0730. The van der Waals surface area contributed by atoms with Crippen LogP contribution in [0.5, 0.6) is 0 Å². The van der Waals surface area contributed by atoms with Crippen molar-refractivity contribution in [3.63, 3.8) is 0 Å². The van der Waals surface area contributed by atoms with Gasteiger partial charge in [-0.3, -0.25) is 4.79 Å². The standard InChI is InChI=1S/C7H15NO5S/c1-3-8(4-5-9)14(12,13)6(2)7(10)11/h6,9H,3-5H2,1-2H3,(H,10,11). The summed E-state index contributed by atoms with van der Waals surface area (Å²) in [5.41, 5.74) is 0. The first-order valence-electron chi connectivity index (χ1n) is 4.20. The Labute approximate surface area is 83.2 Å². The first-order valence-corrected chi connectivity index (χ1v) is 5.70. The fourth-order valence-electron chi connectivity index (χ4n) is 0.928. The summed E-state index contributed by atoms with van der Waals surface area (Å²) in [5.74, 6) is -1.39. The molecule has 1 unspecified atom stereocenters. The molecular weight excluding hydrogens is 210 g/mol. The average molecular weight is 225 g/mol. The first kappa shape index (κ1) is 13.3. The molecule has 0 aliphatic carbocycles. The molecule has 0 saturated carbocycles. The molecule has 7 heteroatoms. The average Bonchev–Trinajstić information content (AvgIpc) is 2.12. The topological polar surface area (TPSA) is 94.9 Å². The highest BCUT2D eigenvalue weighted by molar-refractivity contribution is 7.90. The maximum atomic E-state index is 11.5. The van der Waals surface area contributed by atoms with Gasteiger partial charge in [0.25, 0.3) is 0 Å². The molecule has 14 heavy (non-hydrogen) atoms. The van der Waals surface area contributed by atoms with Crippen molar-refractivity contribution < 1.29 is 23.4 Å². The Kier molecular flexibility index (Phi) is 5.03. The lowest BCUT2D eigenvalue weighted by Gasteiger charge is -2.21. The van der Waals surface area contributed by atoms with Crippen LogP contribution in [0, 0.1) is 0 Å². The highest BCUT2D eigenvalue weighted by atomic mass is 32.2. The Bertz CT molecular complexity index is 286. The zero-order valence-corrected chi connectivity index (χ0v) is 8.99. The maximum Gasteiger partial charge on any atom is 0.323 e. The SMILES string of the molecule is CCN(CCO)S(=O)(=O)C(C)C(=O)O. The van der Waals surface area contributed by atoms with Gasteiger partial charge in [-0.2, -0.15) is 4.31 Å². The first-order chi connectivity index (χ1) is 6.37. The van der Waals surface area contributed by atoms with E-state index in [9.17, 15) is 13.2 Å². The number of hydrogen-bond acceptors (Lipinski definition) is 4. The summed E-state index contributed by atoms with van der Waals surface area (Å²) >= 11 is 0. The zero-order chi connectivity index (χ0) is 11.4. The fourth-order valence-corrected chi connectivity index (χ4v) is 2.33. The van der Waals surface area contributed by atoms with E-state index in [0.29, 0.717) is 0 Å². The number of aliphatic hydroxyl groups is 1. The molecule has 0 rings (SSSR count). The van der Waals surface area contributed by atoms with Gasteiger partial charge in [0, 0.05) is 13.1 Å². The third kappa shape index (κ3) is 2.93. The van der Waals surface area contributed by atoms with Crippen molar-refractivity contribution >= 4 is 16.0 Å². The van der Waals surface area contributed by atoms with Crippen molar-refractivity contribution in [2.24, 2.45) is 0 Å². The van der Waals surface area contributed by atoms with Gasteiger partial charge in [-0.25, -0.2) is 8.42 Å². The van der Waals surface area contributed by atoms with E-state index in [1.54, 1.807) is 6.92 Å². The van der Waals surface area contributed by atoms with Crippen molar-refractivity contribution in [3.05, 3.63) is 0 Å². The molecule has 0 aliphatic heterocycles. The Hall–Kier alpha value is -0.660. The van der Waals surface area contributed by atoms with Gasteiger partial charge in [-0.05, 0) is 6.92 Å². The predicted molar refractivity (Wildman–Crippen MR) is 50.4 cm³/mol. The Morgan fingerprint density at radius 1 is 1.50 bits per heavy atom. The molecule has 0 aromatic rings. The zero-order valence-electron chi connectivity index (χ0n) is 8.17. The largest absolute Gasteiger partial charge is 0.480 e. The highest BCUT2D eigenvalue weighted by Crippen LogP contribution is 2.08. The van der Waals surface area contributed by atoms with Crippen LogP contribution in [-0.4, -0.2) is 53.9 Å². The van der Waals surface area contributed by atoms with Crippen molar-refractivity contribution in [1.29, 1.82) is 0 Å². The third-order valence-electron chi connectivity index (χ3n) is 1.86. The molecule has 1 atom stereocenters. The van der Waals surface area contributed by atoms with Gasteiger partial charge in [0.15, 0.2) is 5.25 Å². The number of carboxylic acids is 1. The second-order valence-corrected chi connectivity index (χ2v) is 4.99.